The van der Waals surface area contributed by atoms with Gasteiger partial charge in [-0.25, -0.2) is 4.98 Å². The molecule has 0 fully saturated rings. The first kappa shape index (κ1) is 27.3. The molecule has 0 saturated carbocycles. The smallest absolute Gasteiger partial charge is 0.418 e. The number of anilines is 1. The first-order chi connectivity index (χ1) is 19.2. The molecular weight excluding hydrogens is 521 g/mol. The summed E-state index contributed by atoms with van der Waals surface area (Å²) in [6, 6.07) is 18.8. The first-order valence-corrected chi connectivity index (χ1v) is 13.1. The van der Waals surface area contributed by atoms with Crippen molar-refractivity contribution in [1.82, 2.24) is 4.98 Å². The molecule has 0 saturated heterocycles. The Morgan fingerprint density at radius 1 is 1.02 bits per heavy atom. The Hall–Kier alpha value is -4.27. The number of oxazole rings is 1. The van der Waals surface area contributed by atoms with Gasteiger partial charge >= 0.3 is 12.1 Å². The number of hydrogen-bond acceptors (Lipinski definition) is 5. The SMILES string of the molecule is Cc1oc(-c2ccccc2)nc1CCOc1ccc(CCC(=O)O)c2c1CCN(c1ccccc1C(F)(F)F)C2. The van der Waals surface area contributed by atoms with E-state index in [9.17, 15) is 23.1 Å². The van der Waals surface area contributed by atoms with E-state index in [-0.39, 0.29) is 25.1 Å². The topological polar surface area (TPSA) is 75.8 Å². The number of alkyl halides is 3. The van der Waals surface area contributed by atoms with Crippen molar-refractivity contribution in [2.45, 2.75) is 45.3 Å². The lowest BCUT2D eigenvalue weighted by molar-refractivity contribution is -0.138. The molecule has 0 amide bonds. The van der Waals surface area contributed by atoms with E-state index in [0.717, 1.165) is 34.0 Å². The highest BCUT2D eigenvalue weighted by Crippen LogP contribution is 2.40. The van der Waals surface area contributed by atoms with Gasteiger partial charge in [0.1, 0.15) is 11.5 Å². The molecule has 1 aliphatic heterocycles. The lowest BCUT2D eigenvalue weighted by Gasteiger charge is -2.34. The monoisotopic (exact) mass is 550 g/mol. The molecule has 1 N–H and O–H groups in total. The number of rotatable bonds is 9. The van der Waals surface area contributed by atoms with Crippen molar-refractivity contribution in [1.29, 1.82) is 0 Å². The summed E-state index contributed by atoms with van der Waals surface area (Å²) in [7, 11) is 0. The Balaban J connectivity index is 1.37. The van der Waals surface area contributed by atoms with E-state index in [1.54, 1.807) is 11.0 Å². The van der Waals surface area contributed by atoms with Crippen LogP contribution in [0.15, 0.2) is 71.1 Å². The largest absolute Gasteiger partial charge is 0.493 e. The number of fused-ring (bicyclic) bond motifs is 1. The molecule has 4 aromatic rings. The second-order valence-corrected chi connectivity index (χ2v) is 9.75. The molecule has 0 bridgehead atoms. The summed E-state index contributed by atoms with van der Waals surface area (Å²) in [6.45, 7) is 2.81. The molecule has 2 heterocycles. The molecule has 9 heteroatoms. The fourth-order valence-corrected chi connectivity index (χ4v) is 5.14. The van der Waals surface area contributed by atoms with E-state index < -0.39 is 17.7 Å². The molecule has 0 radical (unpaired) electrons. The number of ether oxygens (including phenoxy) is 1. The van der Waals surface area contributed by atoms with Crippen molar-refractivity contribution >= 4 is 11.7 Å². The molecule has 0 unspecified atom stereocenters. The van der Waals surface area contributed by atoms with Crippen LogP contribution in [-0.2, 0) is 36.8 Å². The summed E-state index contributed by atoms with van der Waals surface area (Å²) in [5.41, 5.74) is 3.65. The summed E-state index contributed by atoms with van der Waals surface area (Å²) in [4.78, 5) is 17.6. The fourth-order valence-electron chi connectivity index (χ4n) is 5.14. The maximum absolute atomic E-state index is 13.7. The number of carboxylic acid groups (broad SMARTS) is 1. The predicted octanol–water partition coefficient (Wildman–Crippen LogP) is 6.87. The van der Waals surface area contributed by atoms with Gasteiger partial charge in [0.05, 0.1) is 17.9 Å². The molecule has 6 nitrogen and oxygen atoms in total. The van der Waals surface area contributed by atoms with E-state index in [4.69, 9.17) is 9.15 Å². The fraction of sp³-hybridized carbons (Fsp3) is 0.290. The maximum atomic E-state index is 13.7. The highest BCUT2D eigenvalue weighted by molar-refractivity contribution is 5.67. The minimum absolute atomic E-state index is 0.0685. The van der Waals surface area contributed by atoms with Crippen molar-refractivity contribution in [2.75, 3.05) is 18.1 Å². The van der Waals surface area contributed by atoms with Crippen LogP contribution in [0.1, 0.15) is 40.1 Å². The van der Waals surface area contributed by atoms with Gasteiger partial charge in [0.15, 0.2) is 0 Å². The maximum Gasteiger partial charge on any atom is 0.418 e. The van der Waals surface area contributed by atoms with E-state index in [1.165, 1.54) is 12.1 Å². The molecule has 5 rings (SSSR count). The first-order valence-electron chi connectivity index (χ1n) is 13.1. The van der Waals surface area contributed by atoms with E-state index in [2.05, 4.69) is 4.98 Å². The predicted molar refractivity (Wildman–Crippen MR) is 144 cm³/mol. The van der Waals surface area contributed by atoms with Crippen LogP contribution >= 0.6 is 0 Å². The third-order valence-electron chi connectivity index (χ3n) is 7.13. The second-order valence-electron chi connectivity index (χ2n) is 9.75. The zero-order valence-electron chi connectivity index (χ0n) is 22.0. The molecule has 208 valence electrons. The summed E-state index contributed by atoms with van der Waals surface area (Å²) in [5.74, 6) is 0.990. The number of carbonyl (C=O) groups is 1. The Kier molecular flexibility index (Phi) is 7.82. The number of aryl methyl sites for hydroxylation is 2. The number of aliphatic carboxylic acids is 1. The molecule has 1 aromatic heterocycles. The van der Waals surface area contributed by atoms with Gasteiger partial charge in [-0.2, -0.15) is 13.2 Å². The minimum Gasteiger partial charge on any atom is -0.493 e. The van der Waals surface area contributed by atoms with Crippen molar-refractivity contribution in [3.63, 3.8) is 0 Å². The quantitative estimate of drug-likeness (QED) is 0.245. The van der Waals surface area contributed by atoms with E-state index in [0.29, 0.717) is 43.4 Å². The number of halogens is 3. The third kappa shape index (κ3) is 5.98. The van der Waals surface area contributed by atoms with Crippen LogP contribution < -0.4 is 9.64 Å². The van der Waals surface area contributed by atoms with Gasteiger partial charge in [0, 0.05) is 42.7 Å². The van der Waals surface area contributed by atoms with Crippen LogP contribution in [0.25, 0.3) is 11.5 Å². The van der Waals surface area contributed by atoms with Gasteiger partial charge in [0.2, 0.25) is 5.89 Å². The van der Waals surface area contributed by atoms with Gasteiger partial charge in [-0.05, 0) is 61.2 Å². The number of nitrogens with zero attached hydrogens (tertiary/aromatic N) is 2. The molecule has 1 aliphatic rings. The Labute approximate surface area is 230 Å². The molecule has 3 aromatic carbocycles. The third-order valence-corrected chi connectivity index (χ3v) is 7.13. The zero-order valence-corrected chi connectivity index (χ0v) is 22.0. The van der Waals surface area contributed by atoms with Crippen molar-refractivity contribution in [3.05, 3.63) is 100 Å². The van der Waals surface area contributed by atoms with Crippen LogP contribution in [0.4, 0.5) is 18.9 Å². The molecule has 40 heavy (non-hydrogen) atoms. The Morgan fingerprint density at radius 2 is 1.77 bits per heavy atom. The second kappa shape index (κ2) is 11.5. The lowest BCUT2D eigenvalue weighted by atomic mass is 9.91. The van der Waals surface area contributed by atoms with Crippen LogP contribution in [0.5, 0.6) is 5.75 Å². The van der Waals surface area contributed by atoms with E-state index in [1.807, 2.05) is 49.4 Å². The molecule has 0 spiro atoms. The molecule has 0 aliphatic carbocycles. The number of carboxylic acids is 1. The minimum atomic E-state index is -4.48. The average Bonchev–Trinajstić information content (AvgIpc) is 3.32. The number of para-hydroxylation sites is 1. The average molecular weight is 551 g/mol. The number of aromatic nitrogens is 1. The van der Waals surface area contributed by atoms with Crippen LogP contribution in [0, 0.1) is 6.92 Å². The van der Waals surface area contributed by atoms with Crippen LogP contribution in [-0.4, -0.2) is 29.2 Å². The van der Waals surface area contributed by atoms with Gasteiger partial charge in [-0.1, -0.05) is 36.4 Å². The van der Waals surface area contributed by atoms with Gasteiger partial charge in [-0.15, -0.1) is 0 Å². The lowest BCUT2D eigenvalue weighted by Crippen LogP contribution is -2.33. The Bertz CT molecular complexity index is 1500. The normalized spacial score (nSPS) is 13.2. The van der Waals surface area contributed by atoms with Crippen LogP contribution in [0.3, 0.4) is 0 Å². The van der Waals surface area contributed by atoms with Crippen molar-refractivity contribution < 1.29 is 32.2 Å². The summed E-state index contributed by atoms with van der Waals surface area (Å²) in [5, 5.41) is 9.24. The van der Waals surface area contributed by atoms with Crippen molar-refractivity contribution in [2.24, 2.45) is 0 Å². The summed E-state index contributed by atoms with van der Waals surface area (Å²) >= 11 is 0. The molecule has 0 atom stereocenters. The standard InChI is InChI=1S/C31H29F3N2O4/c1-20-26(35-30(40-20)22-7-3-2-4-8-22)16-18-39-28-13-11-21(12-14-29(37)38)24-19-36(17-15-23(24)28)27-10-6-5-9-25(27)31(32,33)34/h2-11,13H,12,14-19H2,1H3,(H,37,38). The summed E-state index contributed by atoms with van der Waals surface area (Å²) in [6.07, 6.45) is -3.27. The van der Waals surface area contributed by atoms with Crippen molar-refractivity contribution in [3.8, 4) is 17.2 Å². The Morgan fingerprint density at radius 3 is 2.52 bits per heavy atom. The number of benzene rings is 3. The zero-order chi connectivity index (χ0) is 28.3. The summed E-state index contributed by atoms with van der Waals surface area (Å²) < 4.78 is 53.2. The highest BCUT2D eigenvalue weighted by Gasteiger charge is 2.35. The highest BCUT2D eigenvalue weighted by atomic mass is 19.4. The van der Waals surface area contributed by atoms with Gasteiger partial charge < -0.3 is 19.2 Å². The van der Waals surface area contributed by atoms with Gasteiger partial charge in [-0.3, -0.25) is 4.79 Å². The van der Waals surface area contributed by atoms with Gasteiger partial charge in [0.25, 0.3) is 0 Å². The van der Waals surface area contributed by atoms with E-state index >= 15 is 0 Å². The molecular formula is C31H29F3N2O4. The van der Waals surface area contributed by atoms with Crippen LogP contribution in [0.2, 0.25) is 0 Å². The number of hydrogen-bond donors (Lipinski definition) is 1.